The molecule has 0 saturated heterocycles. The van der Waals surface area contributed by atoms with Crippen LogP contribution in [0.15, 0.2) is 18.2 Å². The smallest absolute Gasteiger partial charge is 0.163 e. The molecule has 1 aromatic rings. The Morgan fingerprint density at radius 3 is 2.67 bits per heavy atom. The fourth-order valence-electron chi connectivity index (χ4n) is 1.71. The van der Waals surface area contributed by atoms with Gasteiger partial charge in [0, 0.05) is 12.2 Å². The van der Waals surface area contributed by atoms with Crippen LogP contribution >= 0.6 is 0 Å². The van der Waals surface area contributed by atoms with Gasteiger partial charge >= 0.3 is 0 Å². The molecule has 1 atom stereocenters. The second-order valence-electron chi connectivity index (χ2n) is 4.22. The average molecular weight is 257 g/mol. The first-order valence-corrected chi connectivity index (χ1v) is 6.45. The molecule has 0 amide bonds. The van der Waals surface area contributed by atoms with Crippen molar-refractivity contribution in [2.75, 3.05) is 19.8 Å². The van der Waals surface area contributed by atoms with Crippen LogP contribution in [0.5, 0.6) is 0 Å². The first-order valence-electron chi connectivity index (χ1n) is 6.45. The van der Waals surface area contributed by atoms with E-state index in [1.165, 1.54) is 6.07 Å². The molecule has 0 bridgehead atoms. The summed E-state index contributed by atoms with van der Waals surface area (Å²) in [5.41, 5.74) is 0.333. The van der Waals surface area contributed by atoms with Crippen LogP contribution in [0.25, 0.3) is 0 Å². The van der Waals surface area contributed by atoms with E-state index in [0.717, 1.165) is 25.5 Å². The number of ether oxygens (including phenoxy) is 1. The van der Waals surface area contributed by atoms with Gasteiger partial charge in [0.1, 0.15) is 0 Å². The van der Waals surface area contributed by atoms with E-state index < -0.39 is 11.6 Å². The molecule has 0 saturated carbocycles. The maximum absolute atomic E-state index is 13.7. The molecule has 0 spiro atoms. The van der Waals surface area contributed by atoms with Gasteiger partial charge in [-0.05, 0) is 25.5 Å². The molecule has 18 heavy (non-hydrogen) atoms. The van der Waals surface area contributed by atoms with Crippen LogP contribution < -0.4 is 5.32 Å². The highest BCUT2D eigenvalue weighted by molar-refractivity contribution is 5.22. The van der Waals surface area contributed by atoms with Gasteiger partial charge in [0.2, 0.25) is 0 Å². The summed E-state index contributed by atoms with van der Waals surface area (Å²) in [5.74, 6) is -1.60. The van der Waals surface area contributed by atoms with Crippen molar-refractivity contribution >= 4 is 0 Å². The quantitative estimate of drug-likeness (QED) is 0.720. The van der Waals surface area contributed by atoms with Crippen LogP contribution in [0.4, 0.5) is 8.78 Å². The molecule has 1 aromatic carbocycles. The van der Waals surface area contributed by atoms with Crippen molar-refractivity contribution in [2.24, 2.45) is 0 Å². The lowest BCUT2D eigenvalue weighted by Gasteiger charge is -2.19. The van der Waals surface area contributed by atoms with Gasteiger partial charge in [-0.1, -0.05) is 26.0 Å². The second-order valence-corrected chi connectivity index (χ2v) is 4.22. The molecule has 0 heterocycles. The van der Waals surface area contributed by atoms with E-state index in [1.54, 1.807) is 6.07 Å². The highest BCUT2D eigenvalue weighted by Gasteiger charge is 2.17. The second kappa shape index (κ2) is 8.16. The van der Waals surface area contributed by atoms with Crippen molar-refractivity contribution in [1.29, 1.82) is 0 Å². The molecule has 0 aliphatic carbocycles. The van der Waals surface area contributed by atoms with Gasteiger partial charge in [0.25, 0.3) is 0 Å². The molecule has 2 nitrogen and oxygen atoms in total. The number of benzene rings is 1. The molecule has 0 radical (unpaired) electrons. The number of hydrogen-bond donors (Lipinski definition) is 1. The Bertz CT molecular complexity index is 358. The van der Waals surface area contributed by atoms with Crippen LogP contribution in [-0.4, -0.2) is 19.8 Å². The van der Waals surface area contributed by atoms with Crippen molar-refractivity contribution < 1.29 is 13.5 Å². The maximum atomic E-state index is 13.7. The lowest BCUT2D eigenvalue weighted by molar-refractivity contribution is 0.110. The van der Waals surface area contributed by atoms with Crippen molar-refractivity contribution in [2.45, 2.75) is 32.7 Å². The Hall–Kier alpha value is -1.00. The van der Waals surface area contributed by atoms with Gasteiger partial charge in [-0.15, -0.1) is 0 Å². The van der Waals surface area contributed by atoms with E-state index in [-0.39, 0.29) is 6.04 Å². The summed E-state index contributed by atoms with van der Waals surface area (Å²) in [6, 6.07) is 3.95. The van der Waals surface area contributed by atoms with Crippen molar-refractivity contribution in [1.82, 2.24) is 5.32 Å². The number of halogens is 2. The third-order valence-corrected chi connectivity index (χ3v) is 2.63. The zero-order valence-corrected chi connectivity index (χ0v) is 11.0. The topological polar surface area (TPSA) is 21.3 Å². The molecule has 0 aromatic heterocycles. The Morgan fingerprint density at radius 1 is 1.22 bits per heavy atom. The lowest BCUT2D eigenvalue weighted by Crippen LogP contribution is -2.27. The minimum Gasteiger partial charge on any atom is -0.379 e. The van der Waals surface area contributed by atoms with Crippen LogP contribution in [-0.2, 0) is 4.74 Å². The Kier molecular flexibility index (Phi) is 6.83. The Labute approximate surface area is 107 Å². The molecule has 0 aliphatic heterocycles. The third-order valence-electron chi connectivity index (χ3n) is 2.63. The number of hydrogen-bond acceptors (Lipinski definition) is 2. The molecular formula is C14H21F2NO. The van der Waals surface area contributed by atoms with Crippen LogP contribution in [0, 0.1) is 11.6 Å². The zero-order valence-electron chi connectivity index (χ0n) is 11.0. The van der Waals surface area contributed by atoms with Gasteiger partial charge in [-0.2, -0.15) is 0 Å². The van der Waals surface area contributed by atoms with Gasteiger partial charge in [-0.25, -0.2) is 8.78 Å². The fourth-order valence-corrected chi connectivity index (χ4v) is 1.71. The minimum atomic E-state index is -0.814. The van der Waals surface area contributed by atoms with Crippen LogP contribution in [0.1, 0.15) is 38.3 Å². The first-order chi connectivity index (χ1) is 8.70. The third kappa shape index (κ3) is 4.35. The standard InChI is InChI=1S/C14H21F2NO/c1-3-8-17-13(10-18-9-4-2)11-6-5-7-12(15)14(11)16/h5-7,13,17H,3-4,8-10H2,1-2H3. The summed E-state index contributed by atoms with van der Waals surface area (Å²) in [4.78, 5) is 0. The van der Waals surface area contributed by atoms with E-state index in [0.29, 0.717) is 18.8 Å². The van der Waals surface area contributed by atoms with Gasteiger partial charge in [0.05, 0.1) is 12.6 Å². The molecule has 4 heteroatoms. The number of nitrogens with one attached hydrogen (secondary N) is 1. The zero-order chi connectivity index (χ0) is 13.4. The van der Waals surface area contributed by atoms with Gasteiger partial charge < -0.3 is 10.1 Å². The summed E-state index contributed by atoms with van der Waals surface area (Å²) in [6.07, 6.45) is 1.84. The highest BCUT2D eigenvalue weighted by atomic mass is 19.2. The summed E-state index contributed by atoms with van der Waals surface area (Å²) < 4.78 is 32.4. The SMILES string of the molecule is CCCNC(COCCC)c1cccc(F)c1F. The molecular weight excluding hydrogens is 236 g/mol. The van der Waals surface area contributed by atoms with E-state index in [9.17, 15) is 8.78 Å². The van der Waals surface area contributed by atoms with Crippen molar-refractivity contribution in [3.05, 3.63) is 35.4 Å². The summed E-state index contributed by atoms with van der Waals surface area (Å²) in [5, 5.41) is 3.18. The van der Waals surface area contributed by atoms with Crippen LogP contribution in [0.2, 0.25) is 0 Å². The average Bonchev–Trinajstić information content (AvgIpc) is 2.37. The van der Waals surface area contributed by atoms with Gasteiger partial charge in [-0.3, -0.25) is 0 Å². The summed E-state index contributed by atoms with van der Waals surface area (Å²) in [7, 11) is 0. The molecule has 0 aliphatic rings. The van der Waals surface area contributed by atoms with E-state index in [2.05, 4.69) is 5.32 Å². The fraction of sp³-hybridized carbons (Fsp3) is 0.571. The molecule has 1 rings (SSSR count). The Morgan fingerprint density at radius 2 is 2.00 bits per heavy atom. The maximum Gasteiger partial charge on any atom is 0.163 e. The van der Waals surface area contributed by atoms with E-state index in [1.807, 2.05) is 13.8 Å². The number of rotatable bonds is 8. The highest BCUT2D eigenvalue weighted by Crippen LogP contribution is 2.19. The van der Waals surface area contributed by atoms with Gasteiger partial charge in [0.15, 0.2) is 11.6 Å². The summed E-state index contributed by atoms with van der Waals surface area (Å²) in [6.45, 7) is 5.77. The van der Waals surface area contributed by atoms with E-state index in [4.69, 9.17) is 4.74 Å². The normalized spacial score (nSPS) is 12.7. The van der Waals surface area contributed by atoms with Crippen LogP contribution in [0.3, 0.4) is 0 Å². The minimum absolute atomic E-state index is 0.299. The largest absolute Gasteiger partial charge is 0.379 e. The predicted octanol–water partition coefficient (Wildman–Crippen LogP) is 3.43. The Balaban J connectivity index is 2.76. The molecule has 0 fully saturated rings. The molecule has 1 N–H and O–H groups in total. The van der Waals surface area contributed by atoms with E-state index >= 15 is 0 Å². The monoisotopic (exact) mass is 257 g/mol. The predicted molar refractivity (Wildman–Crippen MR) is 68.5 cm³/mol. The molecule has 102 valence electrons. The van der Waals surface area contributed by atoms with Crippen molar-refractivity contribution in [3.63, 3.8) is 0 Å². The summed E-state index contributed by atoms with van der Waals surface area (Å²) >= 11 is 0. The van der Waals surface area contributed by atoms with Crippen molar-refractivity contribution in [3.8, 4) is 0 Å². The lowest BCUT2D eigenvalue weighted by atomic mass is 10.1. The first kappa shape index (κ1) is 15.1. The molecule has 1 unspecified atom stereocenters.